The van der Waals surface area contributed by atoms with E-state index in [2.05, 4.69) is 15.2 Å². The molecule has 2 fully saturated rings. The fourth-order valence-corrected chi connectivity index (χ4v) is 7.91. The molecule has 2 amide bonds. The predicted molar refractivity (Wildman–Crippen MR) is 177 cm³/mol. The lowest BCUT2D eigenvalue weighted by molar-refractivity contribution is -0.129. The number of nitrogens with zero attached hydrogens (tertiary/aromatic N) is 2. The average molecular weight is 652 g/mol. The monoisotopic (exact) mass is 650 g/mol. The summed E-state index contributed by atoms with van der Waals surface area (Å²) in [7, 11) is 0. The number of hydrogen-bond acceptors (Lipinski definition) is 5. The number of fused-ring (bicyclic) bond motifs is 1. The number of morpholine rings is 1. The van der Waals surface area contributed by atoms with E-state index in [1.807, 2.05) is 84.8 Å². The van der Waals surface area contributed by atoms with Gasteiger partial charge in [-0.15, -0.1) is 11.8 Å². The van der Waals surface area contributed by atoms with Gasteiger partial charge >= 0.3 is 0 Å². The number of rotatable bonds is 10. The molecule has 10 heteroatoms. The van der Waals surface area contributed by atoms with Crippen LogP contribution in [0.25, 0.3) is 10.9 Å². The van der Waals surface area contributed by atoms with Crippen LogP contribution in [0.15, 0.2) is 77.8 Å². The summed E-state index contributed by atoms with van der Waals surface area (Å²) in [5.41, 5.74) is 3.82. The lowest BCUT2D eigenvalue weighted by Crippen LogP contribution is -2.48. The van der Waals surface area contributed by atoms with E-state index < -0.39 is 10.8 Å². The first-order valence-electron chi connectivity index (χ1n) is 15.0. The van der Waals surface area contributed by atoms with E-state index in [1.54, 1.807) is 0 Å². The number of H-pyrrole nitrogens is 1. The number of aryl methyl sites for hydroxylation is 1. The molecule has 0 saturated carbocycles. The molecule has 7 nitrogen and oxygen atoms in total. The maximum Gasteiger partial charge on any atom is 0.239 e. The molecule has 0 aliphatic carbocycles. The molecule has 2 saturated heterocycles. The number of carbonyl (C=O) groups excluding carboxylic acids is 2. The first kappa shape index (κ1) is 31.0. The topological polar surface area (TPSA) is 77.7 Å². The van der Waals surface area contributed by atoms with Crippen molar-refractivity contribution in [2.75, 3.05) is 39.4 Å². The molecule has 3 aromatic carbocycles. The zero-order chi connectivity index (χ0) is 30.7. The van der Waals surface area contributed by atoms with Crippen LogP contribution < -0.4 is 5.32 Å². The van der Waals surface area contributed by atoms with E-state index in [0.29, 0.717) is 23.1 Å². The summed E-state index contributed by atoms with van der Waals surface area (Å²) in [6.45, 7) is 7.09. The molecule has 1 aromatic heterocycles. The third-order valence-corrected chi connectivity index (χ3v) is 10.4. The van der Waals surface area contributed by atoms with Gasteiger partial charge in [0.25, 0.3) is 0 Å². The molecular formula is C34H36Cl2N4O3S. The quantitative estimate of drug-likeness (QED) is 0.189. The summed E-state index contributed by atoms with van der Waals surface area (Å²) in [6, 6.07) is 20.8. The van der Waals surface area contributed by atoms with Crippen LogP contribution in [0.2, 0.25) is 10.0 Å². The molecule has 0 radical (unpaired) electrons. The van der Waals surface area contributed by atoms with Crippen LogP contribution in [0.3, 0.4) is 0 Å². The summed E-state index contributed by atoms with van der Waals surface area (Å²) in [4.78, 5) is 37.2. The van der Waals surface area contributed by atoms with Crippen LogP contribution in [0, 0.1) is 6.92 Å². The molecule has 2 aliphatic heterocycles. The van der Waals surface area contributed by atoms with Crippen molar-refractivity contribution in [2.45, 2.75) is 42.0 Å². The number of benzene rings is 3. The van der Waals surface area contributed by atoms with Gasteiger partial charge in [-0.2, -0.15) is 0 Å². The van der Waals surface area contributed by atoms with Crippen molar-refractivity contribution in [2.24, 2.45) is 0 Å². The highest BCUT2D eigenvalue weighted by atomic mass is 35.5. The number of likely N-dealkylation sites (tertiary alicyclic amines) is 1. The Morgan fingerprint density at radius 2 is 1.77 bits per heavy atom. The second-order valence-electron chi connectivity index (χ2n) is 11.5. The van der Waals surface area contributed by atoms with Gasteiger partial charge in [0.05, 0.1) is 25.7 Å². The Bertz CT molecular complexity index is 1620. The highest BCUT2D eigenvalue weighted by Crippen LogP contribution is 2.54. The number of carbonyl (C=O) groups is 2. The third-order valence-electron chi connectivity index (χ3n) is 8.47. The van der Waals surface area contributed by atoms with Gasteiger partial charge in [-0.25, -0.2) is 0 Å². The molecule has 2 atom stereocenters. The molecule has 230 valence electrons. The number of aromatic nitrogens is 1. The Balaban J connectivity index is 1.39. The summed E-state index contributed by atoms with van der Waals surface area (Å²) in [6.07, 6.45) is 2.81. The number of halogens is 2. The molecule has 0 spiro atoms. The molecule has 3 heterocycles. The Morgan fingerprint density at radius 1 is 1.05 bits per heavy atom. The number of hydrogen-bond donors (Lipinski definition) is 2. The summed E-state index contributed by atoms with van der Waals surface area (Å²) >= 11 is 14.0. The third kappa shape index (κ3) is 6.65. The van der Waals surface area contributed by atoms with Gasteiger partial charge in [0, 0.05) is 63.8 Å². The van der Waals surface area contributed by atoms with Crippen molar-refractivity contribution in [1.29, 1.82) is 0 Å². The maximum absolute atomic E-state index is 14.6. The van der Waals surface area contributed by atoms with Crippen molar-refractivity contribution in [3.05, 3.63) is 99.7 Å². The van der Waals surface area contributed by atoms with Crippen LogP contribution in [-0.2, 0) is 20.9 Å². The Hall–Kier alpha value is -3.01. The number of thioether (sulfide) groups is 1. The standard InChI is InChI=1S/C34H36Cl2N4O3S/c1-23-3-10-27(11-4-23)44-34(33(42)37-13-2-14-39-15-17-43-18-16-39)20-31(41)40(22-24-5-7-25(35)8-6-24)32(34)29-21-38-30-19-26(36)9-12-28(29)30/h3-12,19,21,32,38H,2,13-18,20,22H2,1H3,(H,37,42)/t32-,34-/m1/s1. The van der Waals surface area contributed by atoms with Crippen LogP contribution in [0.5, 0.6) is 0 Å². The lowest BCUT2D eigenvalue weighted by Gasteiger charge is -2.36. The molecule has 6 rings (SSSR count). The first-order chi connectivity index (χ1) is 21.3. The fraction of sp³-hybridized carbons (Fsp3) is 0.353. The van der Waals surface area contributed by atoms with Gasteiger partial charge in [0.2, 0.25) is 11.8 Å². The van der Waals surface area contributed by atoms with Gasteiger partial charge in [-0.3, -0.25) is 14.5 Å². The minimum Gasteiger partial charge on any atom is -0.379 e. The van der Waals surface area contributed by atoms with Crippen LogP contribution in [-0.4, -0.2) is 70.7 Å². The molecule has 0 bridgehead atoms. The van der Waals surface area contributed by atoms with Crippen LogP contribution in [0.1, 0.15) is 35.6 Å². The zero-order valence-electron chi connectivity index (χ0n) is 24.7. The predicted octanol–water partition coefficient (Wildman–Crippen LogP) is 6.63. The molecule has 2 aliphatic rings. The van der Waals surface area contributed by atoms with Crippen LogP contribution in [0.4, 0.5) is 0 Å². The minimum atomic E-state index is -1.12. The fourth-order valence-electron chi connectivity index (χ4n) is 6.19. The number of ether oxygens (including phenoxy) is 1. The van der Waals surface area contributed by atoms with E-state index in [4.69, 9.17) is 27.9 Å². The van der Waals surface area contributed by atoms with Gasteiger partial charge in [-0.05, 0) is 61.9 Å². The zero-order valence-corrected chi connectivity index (χ0v) is 27.0. The van der Waals surface area contributed by atoms with Crippen molar-refractivity contribution >= 4 is 57.7 Å². The summed E-state index contributed by atoms with van der Waals surface area (Å²) in [5, 5.41) is 5.43. The highest BCUT2D eigenvalue weighted by molar-refractivity contribution is 8.01. The molecular weight excluding hydrogens is 615 g/mol. The van der Waals surface area contributed by atoms with Gasteiger partial charge in [0.15, 0.2) is 0 Å². The highest BCUT2D eigenvalue weighted by Gasteiger charge is 2.58. The number of nitrogens with one attached hydrogen (secondary N) is 2. The first-order valence-corrected chi connectivity index (χ1v) is 16.5. The molecule has 44 heavy (non-hydrogen) atoms. The van der Waals surface area contributed by atoms with Gasteiger partial charge < -0.3 is 19.9 Å². The van der Waals surface area contributed by atoms with Crippen molar-refractivity contribution in [1.82, 2.24) is 20.1 Å². The summed E-state index contributed by atoms with van der Waals surface area (Å²) < 4.78 is 4.36. The molecule has 2 N–H and O–H groups in total. The average Bonchev–Trinajstić information content (AvgIpc) is 3.55. The van der Waals surface area contributed by atoms with Crippen molar-refractivity contribution in [3.63, 3.8) is 0 Å². The lowest BCUT2D eigenvalue weighted by atomic mass is 9.91. The normalized spacial score (nSPS) is 20.8. The van der Waals surface area contributed by atoms with E-state index >= 15 is 0 Å². The molecule has 0 unspecified atom stereocenters. The number of aromatic amines is 1. The van der Waals surface area contributed by atoms with E-state index in [9.17, 15) is 9.59 Å². The Kier molecular flexibility index (Phi) is 9.54. The van der Waals surface area contributed by atoms with E-state index in [0.717, 1.165) is 71.8 Å². The summed E-state index contributed by atoms with van der Waals surface area (Å²) in [5.74, 6) is -0.207. The smallest absolute Gasteiger partial charge is 0.239 e. The van der Waals surface area contributed by atoms with Crippen molar-refractivity contribution in [3.8, 4) is 0 Å². The van der Waals surface area contributed by atoms with E-state index in [1.165, 1.54) is 11.8 Å². The SMILES string of the molecule is Cc1ccc(S[C@]2(C(=O)NCCCN3CCOCC3)CC(=O)N(Cc3ccc(Cl)cc3)[C@@H]2c2c[nH]c3cc(Cl)ccc23)cc1. The number of amides is 2. The minimum absolute atomic E-state index is 0.0688. The van der Waals surface area contributed by atoms with Gasteiger partial charge in [-0.1, -0.05) is 59.1 Å². The molecule has 4 aromatic rings. The maximum atomic E-state index is 14.6. The van der Waals surface area contributed by atoms with Crippen molar-refractivity contribution < 1.29 is 14.3 Å². The van der Waals surface area contributed by atoms with E-state index in [-0.39, 0.29) is 18.2 Å². The van der Waals surface area contributed by atoms with Gasteiger partial charge in [0.1, 0.15) is 4.75 Å². The van der Waals surface area contributed by atoms with Crippen LogP contribution >= 0.6 is 35.0 Å². The second kappa shape index (κ2) is 13.5. The Morgan fingerprint density at radius 3 is 2.52 bits per heavy atom. The second-order valence-corrected chi connectivity index (χ2v) is 13.8. The Labute approximate surface area is 272 Å². The largest absolute Gasteiger partial charge is 0.379 e.